The minimum absolute atomic E-state index is 0.0262. The molecule has 0 saturated carbocycles. The van der Waals surface area contributed by atoms with Gasteiger partial charge in [-0.1, -0.05) is 19.1 Å². The molecule has 0 amide bonds. The van der Waals surface area contributed by atoms with Crippen molar-refractivity contribution in [3.05, 3.63) is 23.3 Å². The Morgan fingerprint density at radius 2 is 2.17 bits per heavy atom. The number of cyclic esters (lactones) is 1. The molecule has 0 aromatic carbocycles. The summed E-state index contributed by atoms with van der Waals surface area (Å²) in [5, 5.41) is 10.6. The third-order valence-corrected chi connectivity index (χ3v) is 5.55. The van der Waals surface area contributed by atoms with Crippen molar-refractivity contribution in [1.82, 2.24) is 4.90 Å². The van der Waals surface area contributed by atoms with E-state index in [4.69, 9.17) is 9.47 Å². The number of rotatable bonds is 0. The van der Waals surface area contributed by atoms with Crippen LogP contribution in [0.5, 0.6) is 0 Å². The van der Waals surface area contributed by atoms with Crippen LogP contribution in [0.1, 0.15) is 33.6 Å². The van der Waals surface area contributed by atoms with E-state index in [1.165, 1.54) is 6.92 Å². The van der Waals surface area contributed by atoms with Crippen LogP contribution in [0.25, 0.3) is 0 Å². The van der Waals surface area contributed by atoms with Gasteiger partial charge in [-0.05, 0) is 38.2 Å². The Morgan fingerprint density at radius 3 is 2.88 bits per heavy atom. The first-order valence-electron chi connectivity index (χ1n) is 8.53. The second-order valence-electron chi connectivity index (χ2n) is 7.09. The van der Waals surface area contributed by atoms with Crippen LogP contribution in [0, 0.1) is 5.92 Å². The Kier molecular flexibility index (Phi) is 4.53. The zero-order valence-corrected chi connectivity index (χ0v) is 14.4. The fourth-order valence-corrected chi connectivity index (χ4v) is 3.68. The molecule has 0 unspecified atom stereocenters. The molecule has 3 heterocycles. The van der Waals surface area contributed by atoms with Crippen molar-refractivity contribution >= 4 is 11.9 Å². The summed E-state index contributed by atoms with van der Waals surface area (Å²) in [4.78, 5) is 27.1. The third kappa shape index (κ3) is 2.89. The Bertz CT molecular complexity index is 607. The molecule has 2 fully saturated rings. The van der Waals surface area contributed by atoms with Gasteiger partial charge >= 0.3 is 11.9 Å². The van der Waals surface area contributed by atoms with Gasteiger partial charge in [0.05, 0.1) is 6.04 Å². The molecular weight excluding hydrogens is 310 g/mol. The van der Waals surface area contributed by atoms with E-state index in [1.807, 2.05) is 6.08 Å². The van der Waals surface area contributed by atoms with Gasteiger partial charge in [-0.15, -0.1) is 0 Å². The highest BCUT2D eigenvalue weighted by atomic mass is 16.6. The average molecular weight is 335 g/mol. The van der Waals surface area contributed by atoms with E-state index in [0.29, 0.717) is 5.57 Å². The quantitative estimate of drug-likeness (QED) is 0.407. The van der Waals surface area contributed by atoms with Crippen molar-refractivity contribution in [2.24, 2.45) is 5.92 Å². The molecule has 0 bridgehead atoms. The average Bonchev–Trinajstić information content (AvgIpc) is 3.12. The lowest BCUT2D eigenvalue weighted by molar-refractivity contribution is -0.169. The first kappa shape index (κ1) is 17.2. The summed E-state index contributed by atoms with van der Waals surface area (Å²) in [5.41, 5.74) is -0.218. The molecule has 3 rings (SSSR count). The monoisotopic (exact) mass is 335 g/mol. The maximum absolute atomic E-state index is 12.5. The zero-order chi connectivity index (χ0) is 17.5. The number of esters is 2. The van der Waals surface area contributed by atoms with Crippen LogP contribution in [-0.2, 0) is 19.1 Å². The SMILES string of the molecule is CC=C1C[C@@H](C)[C@@](C)(O)C(=O)OCC2=CCN3CC[C@@H](OC1=O)[C@@H]23. The summed E-state index contributed by atoms with van der Waals surface area (Å²) in [5.74, 6) is -1.46. The van der Waals surface area contributed by atoms with Crippen molar-refractivity contribution < 1.29 is 24.2 Å². The van der Waals surface area contributed by atoms with Crippen LogP contribution in [0.3, 0.4) is 0 Å². The summed E-state index contributed by atoms with van der Waals surface area (Å²) >= 11 is 0. The minimum Gasteiger partial charge on any atom is -0.459 e. The zero-order valence-electron chi connectivity index (χ0n) is 14.4. The molecule has 24 heavy (non-hydrogen) atoms. The van der Waals surface area contributed by atoms with Crippen molar-refractivity contribution in [2.45, 2.75) is 51.4 Å². The molecule has 2 saturated heterocycles. The molecule has 0 spiro atoms. The van der Waals surface area contributed by atoms with Crippen LogP contribution in [0.15, 0.2) is 23.3 Å². The molecule has 3 aliphatic heterocycles. The van der Waals surface area contributed by atoms with Gasteiger partial charge in [0.1, 0.15) is 12.7 Å². The fraction of sp³-hybridized carbons (Fsp3) is 0.667. The number of carbonyl (C=O) groups excluding carboxylic acids is 2. The summed E-state index contributed by atoms with van der Waals surface area (Å²) < 4.78 is 11.2. The molecule has 4 atom stereocenters. The molecule has 0 aromatic heterocycles. The maximum Gasteiger partial charge on any atom is 0.338 e. The highest BCUT2D eigenvalue weighted by Crippen LogP contribution is 2.34. The van der Waals surface area contributed by atoms with Gasteiger partial charge in [-0.25, -0.2) is 9.59 Å². The number of carbonyl (C=O) groups is 2. The molecular formula is C18H25NO5. The van der Waals surface area contributed by atoms with Crippen LogP contribution < -0.4 is 0 Å². The second kappa shape index (κ2) is 6.33. The van der Waals surface area contributed by atoms with Gasteiger partial charge in [0.2, 0.25) is 0 Å². The van der Waals surface area contributed by atoms with Gasteiger partial charge in [0, 0.05) is 18.7 Å². The Labute approximate surface area is 142 Å². The van der Waals surface area contributed by atoms with E-state index in [-0.39, 0.29) is 31.1 Å². The molecule has 0 aliphatic carbocycles. The van der Waals surface area contributed by atoms with Crippen LogP contribution in [-0.4, -0.2) is 59.4 Å². The van der Waals surface area contributed by atoms with Gasteiger partial charge < -0.3 is 14.6 Å². The van der Waals surface area contributed by atoms with Crippen molar-refractivity contribution in [2.75, 3.05) is 19.7 Å². The van der Waals surface area contributed by atoms with Crippen molar-refractivity contribution in [1.29, 1.82) is 0 Å². The third-order valence-electron chi connectivity index (χ3n) is 5.55. The highest BCUT2D eigenvalue weighted by Gasteiger charge is 2.45. The van der Waals surface area contributed by atoms with Gasteiger partial charge in [-0.3, -0.25) is 4.90 Å². The Morgan fingerprint density at radius 1 is 1.42 bits per heavy atom. The normalized spacial score (nSPS) is 39.6. The minimum atomic E-state index is -1.65. The van der Waals surface area contributed by atoms with Gasteiger partial charge in [-0.2, -0.15) is 0 Å². The summed E-state index contributed by atoms with van der Waals surface area (Å²) in [7, 11) is 0. The second-order valence-corrected chi connectivity index (χ2v) is 7.09. The largest absolute Gasteiger partial charge is 0.459 e. The van der Waals surface area contributed by atoms with Crippen LogP contribution >= 0.6 is 0 Å². The van der Waals surface area contributed by atoms with Gasteiger partial charge in [0.25, 0.3) is 0 Å². The standard InChI is InChI=1S/C18H25NO5/c1-4-12-9-11(2)18(3,22)17(21)23-10-13-5-7-19-8-6-14(15(13)19)24-16(12)20/h4-5,11,14-15,22H,6-10H2,1-3H3/t11-,14-,15-,18-/m1/s1. The van der Waals surface area contributed by atoms with E-state index < -0.39 is 17.5 Å². The number of aliphatic hydroxyl groups is 1. The summed E-state index contributed by atoms with van der Waals surface area (Å²) in [6.45, 7) is 6.71. The topological polar surface area (TPSA) is 76.1 Å². The Balaban J connectivity index is 1.91. The predicted octanol–water partition coefficient (Wildman–Crippen LogP) is 1.19. The lowest BCUT2D eigenvalue weighted by atomic mass is 9.85. The molecule has 132 valence electrons. The van der Waals surface area contributed by atoms with E-state index in [1.54, 1.807) is 19.9 Å². The molecule has 1 N–H and O–H groups in total. The number of hydrogen-bond acceptors (Lipinski definition) is 6. The Hall–Kier alpha value is -1.66. The van der Waals surface area contributed by atoms with E-state index >= 15 is 0 Å². The lowest BCUT2D eigenvalue weighted by Gasteiger charge is -2.31. The molecule has 6 nitrogen and oxygen atoms in total. The predicted molar refractivity (Wildman–Crippen MR) is 87.1 cm³/mol. The van der Waals surface area contributed by atoms with E-state index in [0.717, 1.165) is 25.1 Å². The highest BCUT2D eigenvalue weighted by molar-refractivity contribution is 5.89. The first-order valence-corrected chi connectivity index (χ1v) is 8.53. The van der Waals surface area contributed by atoms with Crippen molar-refractivity contribution in [3.63, 3.8) is 0 Å². The van der Waals surface area contributed by atoms with Gasteiger partial charge in [0.15, 0.2) is 5.60 Å². The van der Waals surface area contributed by atoms with E-state index in [2.05, 4.69) is 4.90 Å². The number of hydrogen-bond donors (Lipinski definition) is 1. The number of ether oxygens (including phenoxy) is 2. The molecule has 3 aliphatic rings. The number of nitrogens with zero attached hydrogens (tertiary/aromatic N) is 1. The first-order chi connectivity index (χ1) is 11.3. The fourth-order valence-electron chi connectivity index (χ4n) is 3.68. The maximum atomic E-state index is 12.5. The molecule has 0 aromatic rings. The van der Waals surface area contributed by atoms with E-state index in [9.17, 15) is 14.7 Å². The lowest BCUT2D eigenvalue weighted by Crippen LogP contribution is -2.45. The summed E-state index contributed by atoms with van der Waals surface area (Å²) in [6, 6.07) is -0.0262. The molecule has 0 radical (unpaired) electrons. The number of allylic oxidation sites excluding steroid dienone is 1. The smallest absolute Gasteiger partial charge is 0.338 e. The van der Waals surface area contributed by atoms with Crippen molar-refractivity contribution in [3.8, 4) is 0 Å². The van der Waals surface area contributed by atoms with Crippen LogP contribution in [0.2, 0.25) is 0 Å². The summed E-state index contributed by atoms with van der Waals surface area (Å²) in [6.07, 6.45) is 4.56. The molecule has 6 heteroatoms. The van der Waals surface area contributed by atoms with Crippen LogP contribution in [0.4, 0.5) is 0 Å².